The molecule has 1 heterocycles. The summed E-state index contributed by atoms with van der Waals surface area (Å²) in [5.41, 5.74) is 7.04. The van der Waals surface area contributed by atoms with Gasteiger partial charge in [-0.05, 0) is 23.3 Å². The van der Waals surface area contributed by atoms with Gasteiger partial charge in [-0.2, -0.15) is 0 Å². The Hall–Kier alpha value is -1.88. The molecular formula is C12H14FN3O. The SMILES string of the molecule is Cn1ccn(Cc2cc(F)ccc2CN)c1=O. The van der Waals surface area contributed by atoms with Crippen molar-refractivity contribution in [2.75, 3.05) is 0 Å². The number of aryl methyl sites for hydroxylation is 1. The van der Waals surface area contributed by atoms with Crippen LogP contribution in [-0.2, 0) is 20.1 Å². The summed E-state index contributed by atoms with van der Waals surface area (Å²) in [5.74, 6) is -0.318. The molecule has 1 aromatic carbocycles. The molecule has 4 nitrogen and oxygen atoms in total. The van der Waals surface area contributed by atoms with E-state index in [1.165, 1.54) is 21.3 Å². The third kappa shape index (κ3) is 2.29. The van der Waals surface area contributed by atoms with Crippen molar-refractivity contribution >= 4 is 0 Å². The Morgan fingerprint density at radius 2 is 2.06 bits per heavy atom. The predicted octanol–water partition coefficient (Wildman–Crippen LogP) is 0.833. The minimum absolute atomic E-state index is 0.128. The molecule has 0 bridgehead atoms. The lowest BCUT2D eigenvalue weighted by Gasteiger charge is -2.08. The summed E-state index contributed by atoms with van der Waals surface area (Å²) in [6.07, 6.45) is 3.34. The molecule has 0 radical (unpaired) electrons. The molecule has 0 fully saturated rings. The first-order valence-electron chi connectivity index (χ1n) is 5.31. The number of halogens is 1. The fourth-order valence-corrected chi connectivity index (χ4v) is 1.76. The Balaban J connectivity index is 2.38. The highest BCUT2D eigenvalue weighted by Gasteiger charge is 2.06. The largest absolute Gasteiger partial charge is 0.328 e. The van der Waals surface area contributed by atoms with Crippen LogP contribution in [-0.4, -0.2) is 9.13 Å². The Morgan fingerprint density at radius 1 is 1.29 bits per heavy atom. The van der Waals surface area contributed by atoms with Gasteiger partial charge in [0.15, 0.2) is 0 Å². The number of nitrogens with zero attached hydrogens (tertiary/aromatic N) is 2. The Bertz CT molecular complexity index is 586. The van der Waals surface area contributed by atoms with Crippen LogP contribution in [0.3, 0.4) is 0 Å². The maximum absolute atomic E-state index is 13.2. The zero-order valence-corrected chi connectivity index (χ0v) is 9.56. The molecule has 0 amide bonds. The molecule has 0 saturated heterocycles. The summed E-state index contributed by atoms with van der Waals surface area (Å²) in [4.78, 5) is 11.7. The average molecular weight is 235 g/mol. The molecule has 2 N–H and O–H groups in total. The van der Waals surface area contributed by atoms with Gasteiger partial charge in [0.2, 0.25) is 0 Å². The molecule has 0 saturated carbocycles. The second-order valence-electron chi connectivity index (χ2n) is 3.94. The third-order valence-corrected chi connectivity index (χ3v) is 2.75. The van der Waals surface area contributed by atoms with Crippen molar-refractivity contribution in [2.24, 2.45) is 12.8 Å². The molecule has 2 rings (SSSR count). The summed E-state index contributed by atoms with van der Waals surface area (Å²) in [5, 5.41) is 0. The van der Waals surface area contributed by atoms with E-state index in [0.717, 1.165) is 11.1 Å². The van der Waals surface area contributed by atoms with Crippen LogP contribution in [0.25, 0.3) is 0 Å². The second-order valence-corrected chi connectivity index (χ2v) is 3.94. The number of imidazole rings is 1. The molecule has 0 spiro atoms. The van der Waals surface area contributed by atoms with Crippen molar-refractivity contribution in [2.45, 2.75) is 13.1 Å². The van der Waals surface area contributed by atoms with E-state index in [9.17, 15) is 9.18 Å². The van der Waals surface area contributed by atoms with Crippen LogP contribution < -0.4 is 11.4 Å². The fraction of sp³-hybridized carbons (Fsp3) is 0.250. The highest BCUT2D eigenvalue weighted by atomic mass is 19.1. The topological polar surface area (TPSA) is 52.9 Å². The van der Waals surface area contributed by atoms with E-state index in [-0.39, 0.29) is 11.5 Å². The minimum Gasteiger partial charge on any atom is -0.326 e. The van der Waals surface area contributed by atoms with Gasteiger partial charge in [-0.3, -0.25) is 4.57 Å². The normalized spacial score (nSPS) is 10.8. The van der Waals surface area contributed by atoms with Gasteiger partial charge in [0.05, 0.1) is 6.54 Å². The van der Waals surface area contributed by atoms with Gasteiger partial charge in [0.25, 0.3) is 0 Å². The van der Waals surface area contributed by atoms with E-state index in [2.05, 4.69) is 0 Å². The van der Waals surface area contributed by atoms with Gasteiger partial charge in [-0.25, -0.2) is 9.18 Å². The summed E-state index contributed by atoms with van der Waals surface area (Å²) in [6.45, 7) is 0.668. The van der Waals surface area contributed by atoms with E-state index in [0.29, 0.717) is 13.1 Å². The molecule has 90 valence electrons. The van der Waals surface area contributed by atoms with Crippen molar-refractivity contribution in [3.05, 3.63) is 58.0 Å². The van der Waals surface area contributed by atoms with Crippen molar-refractivity contribution in [1.82, 2.24) is 9.13 Å². The predicted molar refractivity (Wildman–Crippen MR) is 63.1 cm³/mol. The van der Waals surface area contributed by atoms with Crippen LogP contribution in [0.5, 0.6) is 0 Å². The van der Waals surface area contributed by atoms with Gasteiger partial charge in [0, 0.05) is 26.0 Å². The van der Waals surface area contributed by atoms with Gasteiger partial charge < -0.3 is 10.3 Å². The first kappa shape index (κ1) is 11.6. The lowest BCUT2D eigenvalue weighted by molar-refractivity contribution is 0.620. The van der Waals surface area contributed by atoms with E-state index in [4.69, 9.17) is 5.73 Å². The zero-order chi connectivity index (χ0) is 12.4. The monoisotopic (exact) mass is 235 g/mol. The van der Waals surface area contributed by atoms with Crippen LogP contribution in [0.4, 0.5) is 4.39 Å². The molecule has 0 atom stereocenters. The molecule has 2 aromatic rings. The Labute approximate surface area is 98.1 Å². The smallest absolute Gasteiger partial charge is 0.326 e. The van der Waals surface area contributed by atoms with Crippen molar-refractivity contribution < 1.29 is 4.39 Å². The molecule has 0 unspecified atom stereocenters. The van der Waals surface area contributed by atoms with Crippen LogP contribution in [0.1, 0.15) is 11.1 Å². The quantitative estimate of drug-likeness (QED) is 0.856. The third-order valence-electron chi connectivity index (χ3n) is 2.75. The Morgan fingerprint density at radius 3 is 2.65 bits per heavy atom. The van der Waals surface area contributed by atoms with Crippen molar-refractivity contribution in [3.8, 4) is 0 Å². The first-order chi connectivity index (χ1) is 8.11. The molecular weight excluding hydrogens is 221 g/mol. The zero-order valence-electron chi connectivity index (χ0n) is 9.56. The number of rotatable bonds is 3. The summed E-state index contributed by atoms with van der Waals surface area (Å²) in [6, 6.07) is 4.44. The number of hydrogen-bond donors (Lipinski definition) is 1. The standard InChI is InChI=1S/C12H14FN3O/c1-15-4-5-16(12(15)17)8-10-6-11(13)3-2-9(10)7-14/h2-6H,7-8,14H2,1H3. The maximum Gasteiger partial charge on any atom is 0.328 e. The van der Waals surface area contributed by atoms with Crippen LogP contribution in [0.2, 0.25) is 0 Å². The lowest BCUT2D eigenvalue weighted by Crippen LogP contribution is -2.23. The number of benzene rings is 1. The van der Waals surface area contributed by atoms with Crippen molar-refractivity contribution in [3.63, 3.8) is 0 Å². The number of aromatic nitrogens is 2. The van der Waals surface area contributed by atoms with Crippen LogP contribution in [0, 0.1) is 5.82 Å². The lowest BCUT2D eigenvalue weighted by atomic mass is 10.1. The van der Waals surface area contributed by atoms with E-state index in [1.54, 1.807) is 25.5 Å². The molecule has 0 aliphatic carbocycles. The Kier molecular flexibility index (Phi) is 3.10. The van der Waals surface area contributed by atoms with E-state index < -0.39 is 0 Å². The van der Waals surface area contributed by atoms with Crippen molar-refractivity contribution in [1.29, 1.82) is 0 Å². The number of nitrogens with two attached hydrogens (primary N) is 1. The minimum atomic E-state index is -0.318. The summed E-state index contributed by atoms with van der Waals surface area (Å²) >= 11 is 0. The van der Waals surface area contributed by atoms with Gasteiger partial charge in [0.1, 0.15) is 5.82 Å². The number of hydrogen-bond acceptors (Lipinski definition) is 2. The maximum atomic E-state index is 13.2. The average Bonchev–Trinajstić information content (AvgIpc) is 2.61. The van der Waals surface area contributed by atoms with E-state index >= 15 is 0 Å². The van der Waals surface area contributed by atoms with E-state index in [1.807, 2.05) is 0 Å². The fourth-order valence-electron chi connectivity index (χ4n) is 1.76. The summed E-state index contributed by atoms with van der Waals surface area (Å²) < 4.78 is 16.2. The van der Waals surface area contributed by atoms with Gasteiger partial charge in [-0.1, -0.05) is 6.07 Å². The van der Waals surface area contributed by atoms with Gasteiger partial charge >= 0.3 is 5.69 Å². The molecule has 1 aromatic heterocycles. The van der Waals surface area contributed by atoms with Crippen LogP contribution >= 0.6 is 0 Å². The first-order valence-corrected chi connectivity index (χ1v) is 5.31. The molecule has 5 heteroatoms. The second kappa shape index (κ2) is 4.55. The summed E-state index contributed by atoms with van der Waals surface area (Å²) in [7, 11) is 1.67. The van der Waals surface area contributed by atoms with Crippen LogP contribution in [0.15, 0.2) is 35.4 Å². The highest BCUT2D eigenvalue weighted by Crippen LogP contribution is 2.11. The molecule has 0 aliphatic heterocycles. The molecule has 0 aliphatic rings. The van der Waals surface area contributed by atoms with Gasteiger partial charge in [-0.15, -0.1) is 0 Å². The molecule has 17 heavy (non-hydrogen) atoms. The highest BCUT2D eigenvalue weighted by molar-refractivity contribution is 5.28.